The Morgan fingerprint density at radius 3 is 2.68 bits per heavy atom. The minimum atomic E-state index is -3.78. The summed E-state index contributed by atoms with van der Waals surface area (Å²) in [6, 6.07) is 2.45. The molecule has 1 atom stereocenters. The average Bonchev–Trinajstić information content (AvgIpc) is 2.27. The van der Waals surface area contributed by atoms with Crippen LogP contribution in [0.25, 0.3) is 0 Å². The standard InChI is InChI=1S/C11H14Cl2N2O3S/c12-7-4-9(13)11(10(14)5-7)19(16,17)15-8-2-1-3-18-6-8/h4-5,8,15H,1-3,6,14H2. The lowest BCUT2D eigenvalue weighted by molar-refractivity contribution is 0.0774. The fourth-order valence-electron chi connectivity index (χ4n) is 1.98. The minimum absolute atomic E-state index is 0.00854. The Labute approximate surface area is 122 Å². The molecule has 1 aromatic carbocycles. The fourth-order valence-corrected chi connectivity index (χ4v) is 4.22. The summed E-state index contributed by atoms with van der Waals surface area (Å²) in [6.07, 6.45) is 1.54. The smallest absolute Gasteiger partial charge is 0.244 e. The van der Waals surface area contributed by atoms with Gasteiger partial charge in [-0.1, -0.05) is 23.2 Å². The molecular weight excluding hydrogens is 311 g/mol. The van der Waals surface area contributed by atoms with Crippen molar-refractivity contribution in [3.63, 3.8) is 0 Å². The second kappa shape index (κ2) is 5.85. The molecule has 0 aliphatic carbocycles. The van der Waals surface area contributed by atoms with Crippen LogP contribution in [0.3, 0.4) is 0 Å². The Balaban J connectivity index is 2.29. The van der Waals surface area contributed by atoms with E-state index in [2.05, 4.69) is 4.72 Å². The summed E-state index contributed by atoms with van der Waals surface area (Å²) < 4.78 is 32.3. The molecule has 3 N–H and O–H groups in total. The molecule has 1 aliphatic rings. The number of nitrogens with two attached hydrogens (primary N) is 1. The predicted molar refractivity (Wildman–Crippen MR) is 75.0 cm³/mol. The molecule has 2 rings (SSSR count). The first-order valence-electron chi connectivity index (χ1n) is 5.75. The normalized spacial score (nSPS) is 20.4. The molecule has 0 bridgehead atoms. The number of hydrogen-bond donors (Lipinski definition) is 2. The maximum Gasteiger partial charge on any atom is 0.244 e. The van der Waals surface area contributed by atoms with E-state index in [1.54, 1.807) is 0 Å². The molecule has 0 saturated carbocycles. The quantitative estimate of drug-likeness (QED) is 0.833. The molecular formula is C11H14Cl2N2O3S. The van der Waals surface area contributed by atoms with Gasteiger partial charge in [-0.15, -0.1) is 0 Å². The van der Waals surface area contributed by atoms with Crippen LogP contribution in [0.2, 0.25) is 10.0 Å². The number of sulfonamides is 1. The van der Waals surface area contributed by atoms with Gasteiger partial charge in [0.05, 0.1) is 17.3 Å². The molecule has 0 radical (unpaired) electrons. The third-order valence-corrected chi connectivity index (χ3v) is 5.05. The Morgan fingerprint density at radius 1 is 1.37 bits per heavy atom. The topological polar surface area (TPSA) is 81.4 Å². The third kappa shape index (κ3) is 3.52. The molecule has 1 saturated heterocycles. The summed E-state index contributed by atoms with van der Waals surface area (Å²) in [6.45, 7) is 1.01. The van der Waals surface area contributed by atoms with Crippen LogP contribution in [-0.2, 0) is 14.8 Å². The van der Waals surface area contributed by atoms with Crippen LogP contribution in [0, 0.1) is 0 Å². The number of rotatable bonds is 3. The van der Waals surface area contributed by atoms with E-state index < -0.39 is 10.0 Å². The molecule has 1 heterocycles. The van der Waals surface area contributed by atoms with Crippen LogP contribution in [0.1, 0.15) is 12.8 Å². The van der Waals surface area contributed by atoms with Crippen molar-refractivity contribution < 1.29 is 13.2 Å². The number of nitrogen functional groups attached to an aromatic ring is 1. The molecule has 1 aromatic rings. The summed E-state index contributed by atoms with van der Waals surface area (Å²) in [5, 5.41) is 0.302. The highest BCUT2D eigenvalue weighted by Crippen LogP contribution is 2.31. The van der Waals surface area contributed by atoms with E-state index in [9.17, 15) is 8.42 Å². The van der Waals surface area contributed by atoms with E-state index in [0.717, 1.165) is 12.8 Å². The largest absolute Gasteiger partial charge is 0.398 e. The maximum absolute atomic E-state index is 12.3. The molecule has 1 aliphatic heterocycles. The van der Waals surface area contributed by atoms with Crippen LogP contribution in [0.4, 0.5) is 5.69 Å². The number of halogens is 2. The fraction of sp³-hybridized carbons (Fsp3) is 0.455. The van der Waals surface area contributed by atoms with Crippen molar-refractivity contribution in [3.8, 4) is 0 Å². The van der Waals surface area contributed by atoms with Gasteiger partial charge in [-0.2, -0.15) is 0 Å². The van der Waals surface area contributed by atoms with E-state index in [1.165, 1.54) is 12.1 Å². The van der Waals surface area contributed by atoms with Crippen molar-refractivity contribution in [1.29, 1.82) is 0 Å². The second-order valence-corrected chi connectivity index (χ2v) is 6.84. The molecule has 0 spiro atoms. The maximum atomic E-state index is 12.3. The van der Waals surface area contributed by atoms with Gasteiger partial charge in [-0.3, -0.25) is 0 Å². The van der Waals surface area contributed by atoms with Crippen LogP contribution >= 0.6 is 23.2 Å². The molecule has 1 fully saturated rings. The Morgan fingerprint density at radius 2 is 2.11 bits per heavy atom. The zero-order chi connectivity index (χ0) is 14.0. The first kappa shape index (κ1) is 14.9. The van der Waals surface area contributed by atoms with Crippen LogP contribution < -0.4 is 10.5 Å². The van der Waals surface area contributed by atoms with Crippen molar-refractivity contribution in [3.05, 3.63) is 22.2 Å². The van der Waals surface area contributed by atoms with Gasteiger partial charge in [-0.25, -0.2) is 13.1 Å². The first-order valence-corrected chi connectivity index (χ1v) is 7.98. The number of ether oxygens (including phenoxy) is 1. The van der Waals surface area contributed by atoms with Gasteiger partial charge in [0.2, 0.25) is 10.0 Å². The Hall–Kier alpha value is -0.530. The molecule has 0 amide bonds. The Kier molecular flexibility index (Phi) is 4.58. The summed E-state index contributed by atoms with van der Waals surface area (Å²) in [5.41, 5.74) is 5.72. The average molecular weight is 325 g/mol. The Bertz CT molecular complexity index is 548. The van der Waals surface area contributed by atoms with E-state index in [4.69, 9.17) is 33.7 Å². The van der Waals surface area contributed by atoms with Crippen molar-refractivity contribution in [2.45, 2.75) is 23.8 Å². The number of anilines is 1. The molecule has 19 heavy (non-hydrogen) atoms. The monoisotopic (exact) mass is 324 g/mol. The summed E-state index contributed by atoms with van der Waals surface area (Å²) in [7, 11) is -3.78. The third-order valence-electron chi connectivity index (χ3n) is 2.79. The van der Waals surface area contributed by atoms with Crippen molar-refractivity contribution in [2.75, 3.05) is 18.9 Å². The van der Waals surface area contributed by atoms with E-state index in [1.807, 2.05) is 0 Å². The lowest BCUT2D eigenvalue weighted by Crippen LogP contribution is -2.40. The molecule has 8 heteroatoms. The number of nitrogens with one attached hydrogen (secondary N) is 1. The van der Waals surface area contributed by atoms with E-state index in [-0.39, 0.29) is 21.6 Å². The van der Waals surface area contributed by atoms with E-state index >= 15 is 0 Å². The van der Waals surface area contributed by atoms with Crippen molar-refractivity contribution >= 4 is 38.9 Å². The zero-order valence-corrected chi connectivity index (χ0v) is 12.4. The van der Waals surface area contributed by atoms with Gasteiger partial charge >= 0.3 is 0 Å². The summed E-state index contributed by atoms with van der Waals surface area (Å²) in [5.74, 6) is 0. The molecule has 5 nitrogen and oxygen atoms in total. The van der Waals surface area contributed by atoms with Crippen molar-refractivity contribution in [1.82, 2.24) is 4.72 Å². The lowest BCUT2D eigenvalue weighted by atomic mass is 10.1. The zero-order valence-electron chi connectivity index (χ0n) is 10.0. The number of hydrogen-bond acceptors (Lipinski definition) is 4. The van der Waals surface area contributed by atoms with Crippen LogP contribution in [0.5, 0.6) is 0 Å². The van der Waals surface area contributed by atoms with Gasteiger partial charge in [0, 0.05) is 17.7 Å². The first-order chi connectivity index (χ1) is 8.90. The highest BCUT2D eigenvalue weighted by Gasteiger charge is 2.26. The van der Waals surface area contributed by atoms with E-state index in [0.29, 0.717) is 18.2 Å². The van der Waals surface area contributed by atoms with Gasteiger partial charge in [0.15, 0.2) is 0 Å². The second-order valence-electron chi connectivity index (χ2n) is 4.34. The highest BCUT2D eigenvalue weighted by atomic mass is 35.5. The molecule has 1 unspecified atom stereocenters. The van der Waals surface area contributed by atoms with Crippen LogP contribution in [-0.4, -0.2) is 27.7 Å². The van der Waals surface area contributed by atoms with Gasteiger partial charge in [0.25, 0.3) is 0 Å². The lowest BCUT2D eigenvalue weighted by Gasteiger charge is -2.23. The SMILES string of the molecule is Nc1cc(Cl)cc(Cl)c1S(=O)(=O)NC1CCCOC1. The van der Waals surface area contributed by atoms with Gasteiger partial charge in [-0.05, 0) is 25.0 Å². The predicted octanol–water partition coefficient (Wildman–Crippen LogP) is 2.03. The van der Waals surface area contributed by atoms with Gasteiger partial charge < -0.3 is 10.5 Å². The minimum Gasteiger partial charge on any atom is -0.398 e. The summed E-state index contributed by atoms with van der Waals surface area (Å²) >= 11 is 11.7. The molecule has 0 aromatic heterocycles. The van der Waals surface area contributed by atoms with Crippen molar-refractivity contribution in [2.24, 2.45) is 0 Å². The number of benzene rings is 1. The molecule has 106 valence electrons. The highest BCUT2D eigenvalue weighted by molar-refractivity contribution is 7.89. The summed E-state index contributed by atoms with van der Waals surface area (Å²) in [4.78, 5) is -0.135. The van der Waals surface area contributed by atoms with Gasteiger partial charge in [0.1, 0.15) is 4.90 Å². The van der Waals surface area contributed by atoms with Crippen LogP contribution in [0.15, 0.2) is 17.0 Å².